The second-order valence-corrected chi connectivity index (χ2v) is 7.63. The zero-order chi connectivity index (χ0) is 22.3. The van der Waals surface area contributed by atoms with Gasteiger partial charge in [-0.1, -0.05) is 30.7 Å². The Hall–Kier alpha value is -3.03. The van der Waals surface area contributed by atoms with Crippen LogP contribution in [0.2, 0.25) is 0 Å². The van der Waals surface area contributed by atoms with Crippen LogP contribution in [-0.4, -0.2) is 41.8 Å². The van der Waals surface area contributed by atoms with Gasteiger partial charge < -0.3 is 15.0 Å². The fourth-order valence-corrected chi connectivity index (χ4v) is 3.46. The van der Waals surface area contributed by atoms with E-state index in [0.717, 1.165) is 12.0 Å². The topological polar surface area (TPSA) is 54.5 Å². The van der Waals surface area contributed by atoms with Crippen molar-refractivity contribution >= 4 is 17.8 Å². The van der Waals surface area contributed by atoms with Gasteiger partial charge in [-0.05, 0) is 48.6 Å². The fraction of sp³-hybridized carbons (Fsp3) is 0.391. The average Bonchev–Trinajstić information content (AvgIpc) is 2.73. The Morgan fingerprint density at radius 2 is 2.16 bits per heavy atom. The molecular weight excluding hydrogens is 407 g/mol. The van der Waals surface area contributed by atoms with Crippen molar-refractivity contribution in [2.24, 2.45) is 5.92 Å². The number of hydrogen-bond donors (Lipinski definition) is 1. The molecule has 0 saturated carbocycles. The van der Waals surface area contributed by atoms with Crippen molar-refractivity contribution in [2.45, 2.75) is 32.4 Å². The highest BCUT2D eigenvalue weighted by Crippen LogP contribution is 2.27. The second-order valence-electron chi connectivity index (χ2n) is 7.63. The third-order valence-corrected chi connectivity index (χ3v) is 5.08. The van der Waals surface area contributed by atoms with Crippen LogP contribution in [0.15, 0.2) is 54.4 Å². The number of piperidine rings is 1. The van der Waals surface area contributed by atoms with Crippen LogP contribution in [0, 0.1) is 5.92 Å². The predicted octanol–water partition coefficient (Wildman–Crippen LogP) is 5.76. The molecule has 1 N–H and O–H groups in total. The Kier molecular flexibility index (Phi) is 7.55. The van der Waals surface area contributed by atoms with E-state index in [1.54, 1.807) is 35.5 Å². The Balaban J connectivity index is 1.54. The number of pyridine rings is 1. The van der Waals surface area contributed by atoms with Crippen molar-refractivity contribution in [3.05, 3.63) is 59.9 Å². The molecule has 2 heterocycles. The number of nitrogens with zero attached hydrogens (tertiary/aromatic N) is 2. The van der Waals surface area contributed by atoms with Gasteiger partial charge in [0.1, 0.15) is 5.75 Å². The molecule has 31 heavy (non-hydrogen) atoms. The zero-order valence-electron chi connectivity index (χ0n) is 17.4. The molecule has 0 bridgehead atoms. The molecule has 0 radical (unpaired) electrons. The van der Waals surface area contributed by atoms with Gasteiger partial charge in [-0.25, -0.2) is 4.79 Å². The van der Waals surface area contributed by atoms with Crippen molar-refractivity contribution < 1.29 is 22.7 Å². The summed E-state index contributed by atoms with van der Waals surface area (Å²) in [6, 6.07) is 10.7. The third kappa shape index (κ3) is 7.31. The van der Waals surface area contributed by atoms with Gasteiger partial charge in [-0.3, -0.25) is 4.98 Å². The second kappa shape index (κ2) is 10.3. The molecular formula is C23H26F3N3O2. The summed E-state index contributed by atoms with van der Waals surface area (Å²) < 4.78 is 42.2. The Bertz CT molecular complexity index is 900. The number of amides is 2. The van der Waals surface area contributed by atoms with E-state index in [1.165, 1.54) is 5.57 Å². The number of anilines is 1. The van der Waals surface area contributed by atoms with Gasteiger partial charge in [-0.2, -0.15) is 13.2 Å². The minimum absolute atomic E-state index is 0.0247. The third-order valence-electron chi connectivity index (χ3n) is 5.08. The van der Waals surface area contributed by atoms with E-state index in [1.807, 2.05) is 18.2 Å². The van der Waals surface area contributed by atoms with Crippen LogP contribution >= 0.6 is 0 Å². The predicted molar refractivity (Wildman–Crippen MR) is 114 cm³/mol. The highest BCUT2D eigenvalue weighted by molar-refractivity contribution is 5.89. The van der Waals surface area contributed by atoms with Gasteiger partial charge >= 0.3 is 12.2 Å². The van der Waals surface area contributed by atoms with Crippen LogP contribution in [0.3, 0.4) is 0 Å². The molecule has 1 aliphatic rings. The van der Waals surface area contributed by atoms with Crippen molar-refractivity contribution in [2.75, 3.05) is 25.0 Å². The smallest absolute Gasteiger partial charge is 0.389 e. The Morgan fingerprint density at radius 3 is 2.87 bits per heavy atom. The number of ether oxygens (including phenoxy) is 1. The first-order valence-electron chi connectivity index (χ1n) is 10.3. The molecule has 1 aromatic heterocycles. The normalized spacial score (nSPS) is 18.1. The van der Waals surface area contributed by atoms with Gasteiger partial charge in [-0.15, -0.1) is 0 Å². The van der Waals surface area contributed by atoms with Gasteiger partial charge in [0.25, 0.3) is 0 Å². The van der Waals surface area contributed by atoms with E-state index in [2.05, 4.69) is 23.3 Å². The molecule has 2 amide bonds. The number of urea groups is 1. The van der Waals surface area contributed by atoms with Crippen molar-refractivity contribution in [3.63, 3.8) is 0 Å². The molecule has 1 fully saturated rings. The van der Waals surface area contributed by atoms with E-state index < -0.39 is 12.6 Å². The first kappa shape index (κ1) is 22.7. The van der Waals surface area contributed by atoms with E-state index in [4.69, 9.17) is 4.74 Å². The fourth-order valence-electron chi connectivity index (χ4n) is 3.46. The summed E-state index contributed by atoms with van der Waals surface area (Å²) in [5.74, 6) is 0.738. The van der Waals surface area contributed by atoms with Crippen LogP contribution in [-0.2, 0) is 0 Å². The molecule has 2 aromatic rings. The van der Waals surface area contributed by atoms with E-state index in [-0.39, 0.29) is 25.0 Å². The minimum Gasteiger partial charge on any atom is -0.494 e. The van der Waals surface area contributed by atoms with E-state index >= 15 is 0 Å². The standard InChI is InChI=1S/C23H26F3N3O2/c1-17-16-29(22(30)28-20-6-3-10-27-15-20)11-8-19(17)13-18-5-2-7-21(14-18)31-12-4-9-23(24,25)26/h2-3,5-7,10,13-15,17H,4,8-9,11-12,16H2,1H3,(H,28,30)/b19-13+. The minimum atomic E-state index is -4.16. The summed E-state index contributed by atoms with van der Waals surface area (Å²) in [5, 5.41) is 2.86. The lowest BCUT2D eigenvalue weighted by Gasteiger charge is -2.33. The van der Waals surface area contributed by atoms with Crippen LogP contribution in [0.5, 0.6) is 5.75 Å². The summed E-state index contributed by atoms with van der Waals surface area (Å²) in [6.45, 7) is 3.31. The first-order valence-corrected chi connectivity index (χ1v) is 10.3. The van der Waals surface area contributed by atoms with Crippen LogP contribution < -0.4 is 10.1 Å². The van der Waals surface area contributed by atoms with Crippen LogP contribution in [0.4, 0.5) is 23.7 Å². The van der Waals surface area contributed by atoms with Crippen molar-refractivity contribution in [1.29, 1.82) is 0 Å². The van der Waals surface area contributed by atoms with Crippen molar-refractivity contribution in [1.82, 2.24) is 9.88 Å². The maximum Gasteiger partial charge on any atom is 0.389 e. The number of carbonyl (C=O) groups is 1. The zero-order valence-corrected chi connectivity index (χ0v) is 17.4. The molecule has 1 aliphatic heterocycles. The maximum absolute atomic E-state index is 12.5. The molecule has 0 spiro atoms. The van der Waals surface area contributed by atoms with Gasteiger partial charge in [0.05, 0.1) is 18.5 Å². The van der Waals surface area contributed by atoms with Crippen molar-refractivity contribution in [3.8, 4) is 5.75 Å². The summed E-state index contributed by atoms with van der Waals surface area (Å²) in [4.78, 5) is 18.3. The first-order chi connectivity index (χ1) is 14.8. The lowest BCUT2D eigenvalue weighted by Crippen LogP contribution is -2.42. The number of hydrogen-bond acceptors (Lipinski definition) is 3. The quantitative estimate of drug-likeness (QED) is 0.590. The molecule has 0 aliphatic carbocycles. The highest BCUT2D eigenvalue weighted by atomic mass is 19.4. The van der Waals surface area contributed by atoms with Crippen LogP contribution in [0.25, 0.3) is 6.08 Å². The number of likely N-dealkylation sites (tertiary alicyclic amines) is 1. The van der Waals surface area contributed by atoms with E-state index in [0.29, 0.717) is 24.5 Å². The summed E-state index contributed by atoms with van der Waals surface area (Å²) >= 11 is 0. The molecule has 5 nitrogen and oxygen atoms in total. The average molecular weight is 433 g/mol. The summed E-state index contributed by atoms with van der Waals surface area (Å²) in [6.07, 6.45) is 1.01. The number of rotatable bonds is 6. The highest BCUT2D eigenvalue weighted by Gasteiger charge is 2.26. The Morgan fingerprint density at radius 1 is 1.32 bits per heavy atom. The molecule has 3 rings (SSSR count). The number of carbonyl (C=O) groups excluding carboxylic acids is 1. The maximum atomic E-state index is 12.5. The largest absolute Gasteiger partial charge is 0.494 e. The van der Waals surface area contributed by atoms with Gasteiger partial charge in [0, 0.05) is 25.7 Å². The molecule has 166 valence electrons. The number of nitrogens with one attached hydrogen (secondary N) is 1. The van der Waals surface area contributed by atoms with Gasteiger partial charge in [0.15, 0.2) is 0 Å². The lowest BCUT2D eigenvalue weighted by molar-refractivity contribution is -0.136. The number of aromatic nitrogens is 1. The lowest BCUT2D eigenvalue weighted by atomic mass is 9.91. The SMILES string of the molecule is CC1CN(C(=O)Nc2cccnc2)CC/C1=C\c1cccc(OCCCC(F)(F)F)c1. The Labute approximate surface area is 179 Å². The van der Waals surface area contributed by atoms with E-state index in [9.17, 15) is 18.0 Å². The molecule has 1 unspecified atom stereocenters. The molecule has 1 atom stereocenters. The number of benzene rings is 1. The molecule has 1 aromatic carbocycles. The van der Waals surface area contributed by atoms with Gasteiger partial charge in [0.2, 0.25) is 0 Å². The number of alkyl halides is 3. The summed E-state index contributed by atoms with van der Waals surface area (Å²) in [5.41, 5.74) is 2.82. The molecule has 1 saturated heterocycles. The molecule has 8 heteroatoms. The van der Waals surface area contributed by atoms with Crippen LogP contribution in [0.1, 0.15) is 31.7 Å². The number of halogens is 3. The summed E-state index contributed by atoms with van der Waals surface area (Å²) in [7, 11) is 0. The monoisotopic (exact) mass is 433 g/mol.